The molecular weight excluding hydrogens is 265 g/mol. The van der Waals surface area contributed by atoms with Gasteiger partial charge in [-0.1, -0.05) is 37.5 Å². The maximum absolute atomic E-state index is 13.9. The highest BCUT2D eigenvalue weighted by Crippen LogP contribution is 2.34. The molecule has 3 rings (SSSR count). The van der Waals surface area contributed by atoms with E-state index in [4.69, 9.17) is 0 Å². The normalized spacial score (nSPS) is 31.2. The van der Waals surface area contributed by atoms with E-state index in [0.29, 0.717) is 18.5 Å². The number of rotatable bonds is 3. The van der Waals surface area contributed by atoms with Gasteiger partial charge in [0.25, 0.3) is 0 Å². The Bertz CT molecular complexity index is 464. The van der Waals surface area contributed by atoms with E-state index in [-0.39, 0.29) is 11.9 Å². The summed E-state index contributed by atoms with van der Waals surface area (Å²) < 4.78 is 13.9. The first-order chi connectivity index (χ1) is 10.3. The largest absolute Gasteiger partial charge is 0.393 e. The Morgan fingerprint density at radius 2 is 1.81 bits per heavy atom. The third kappa shape index (κ3) is 3.46. The van der Waals surface area contributed by atoms with Crippen molar-refractivity contribution in [2.75, 3.05) is 6.54 Å². The van der Waals surface area contributed by atoms with Crippen LogP contribution in [-0.2, 0) is 6.54 Å². The van der Waals surface area contributed by atoms with Gasteiger partial charge < -0.3 is 5.11 Å². The van der Waals surface area contributed by atoms with Crippen LogP contribution in [0.1, 0.15) is 50.5 Å². The van der Waals surface area contributed by atoms with E-state index in [1.165, 1.54) is 19.3 Å². The molecule has 2 fully saturated rings. The number of aliphatic hydroxyl groups excluding tert-OH is 1. The van der Waals surface area contributed by atoms with Crippen molar-refractivity contribution in [3.63, 3.8) is 0 Å². The van der Waals surface area contributed by atoms with Gasteiger partial charge in [0.2, 0.25) is 0 Å². The summed E-state index contributed by atoms with van der Waals surface area (Å²) in [6.45, 7) is 1.71. The lowest BCUT2D eigenvalue weighted by Gasteiger charge is -2.43. The van der Waals surface area contributed by atoms with Crippen molar-refractivity contribution in [3.8, 4) is 0 Å². The molecule has 0 bridgehead atoms. The molecule has 0 aromatic heterocycles. The fourth-order valence-electron chi connectivity index (χ4n) is 4.13. The van der Waals surface area contributed by atoms with E-state index in [0.717, 1.165) is 37.8 Å². The van der Waals surface area contributed by atoms with E-state index in [1.807, 2.05) is 12.1 Å². The molecule has 3 atom stereocenters. The molecule has 1 saturated heterocycles. The van der Waals surface area contributed by atoms with Gasteiger partial charge in [-0.2, -0.15) is 0 Å². The average Bonchev–Trinajstić information content (AvgIpc) is 2.51. The Kier molecular flexibility index (Phi) is 4.91. The Hall–Kier alpha value is -0.930. The molecule has 1 heterocycles. The minimum absolute atomic E-state index is 0.106. The molecule has 1 saturated carbocycles. The van der Waals surface area contributed by atoms with Gasteiger partial charge in [-0.25, -0.2) is 4.39 Å². The predicted octanol–water partition coefficient (Wildman–Crippen LogP) is 3.73. The molecule has 1 aliphatic carbocycles. The summed E-state index contributed by atoms with van der Waals surface area (Å²) in [5.74, 6) is 0.275. The number of hydrogen-bond donors (Lipinski definition) is 1. The second-order valence-electron chi connectivity index (χ2n) is 6.64. The van der Waals surface area contributed by atoms with E-state index in [1.54, 1.807) is 12.1 Å². The van der Waals surface area contributed by atoms with Crippen molar-refractivity contribution in [1.29, 1.82) is 0 Å². The van der Waals surface area contributed by atoms with Crippen LogP contribution in [-0.4, -0.2) is 28.7 Å². The Labute approximate surface area is 127 Å². The Morgan fingerprint density at radius 1 is 1.05 bits per heavy atom. The number of nitrogens with zero attached hydrogens (tertiary/aromatic N) is 1. The van der Waals surface area contributed by atoms with Crippen LogP contribution in [0.2, 0.25) is 0 Å². The minimum atomic E-state index is -0.162. The molecule has 2 aliphatic rings. The molecule has 0 radical (unpaired) electrons. The molecule has 0 amide bonds. The van der Waals surface area contributed by atoms with Crippen molar-refractivity contribution < 1.29 is 9.50 Å². The average molecular weight is 291 g/mol. The summed E-state index contributed by atoms with van der Waals surface area (Å²) in [6.07, 6.45) is 7.86. The second kappa shape index (κ2) is 6.89. The molecule has 1 aliphatic heterocycles. The Balaban J connectivity index is 1.73. The van der Waals surface area contributed by atoms with Crippen LogP contribution in [0.3, 0.4) is 0 Å². The fraction of sp³-hybridized carbons (Fsp3) is 0.667. The van der Waals surface area contributed by atoms with Gasteiger partial charge in [-0.05, 0) is 38.3 Å². The summed E-state index contributed by atoms with van der Waals surface area (Å²) in [6, 6.07) is 7.51. The smallest absolute Gasteiger partial charge is 0.127 e. The van der Waals surface area contributed by atoms with Gasteiger partial charge in [0.15, 0.2) is 0 Å². The van der Waals surface area contributed by atoms with Gasteiger partial charge in [0, 0.05) is 24.1 Å². The van der Waals surface area contributed by atoms with Crippen molar-refractivity contribution in [1.82, 2.24) is 4.90 Å². The van der Waals surface area contributed by atoms with Crippen LogP contribution in [0, 0.1) is 11.7 Å². The predicted molar refractivity (Wildman–Crippen MR) is 82.4 cm³/mol. The quantitative estimate of drug-likeness (QED) is 0.917. The zero-order chi connectivity index (χ0) is 14.7. The topological polar surface area (TPSA) is 23.5 Å². The summed E-state index contributed by atoms with van der Waals surface area (Å²) in [5, 5.41) is 10.4. The highest BCUT2D eigenvalue weighted by molar-refractivity contribution is 5.17. The van der Waals surface area contributed by atoms with E-state index in [2.05, 4.69) is 4.90 Å². The number of halogens is 1. The van der Waals surface area contributed by atoms with E-state index < -0.39 is 0 Å². The molecular formula is C18H26FNO. The summed E-state index contributed by atoms with van der Waals surface area (Å²) in [7, 11) is 0. The zero-order valence-electron chi connectivity index (χ0n) is 12.7. The van der Waals surface area contributed by atoms with Gasteiger partial charge >= 0.3 is 0 Å². The summed E-state index contributed by atoms with van der Waals surface area (Å²) in [5.41, 5.74) is 0.787. The van der Waals surface area contributed by atoms with Crippen molar-refractivity contribution >= 4 is 0 Å². The Morgan fingerprint density at radius 3 is 2.62 bits per heavy atom. The third-order valence-corrected chi connectivity index (χ3v) is 5.27. The summed E-state index contributed by atoms with van der Waals surface area (Å²) in [4.78, 5) is 2.42. The first kappa shape index (κ1) is 15.0. The van der Waals surface area contributed by atoms with E-state index >= 15 is 0 Å². The molecule has 21 heavy (non-hydrogen) atoms. The number of hydrogen-bond acceptors (Lipinski definition) is 2. The SMILES string of the molecule is OC1CCCCC1C1CCCCN1Cc1ccccc1F. The number of aliphatic hydroxyl groups is 1. The first-order valence-corrected chi connectivity index (χ1v) is 8.41. The molecule has 116 valence electrons. The number of piperidine rings is 1. The highest BCUT2D eigenvalue weighted by Gasteiger charge is 2.35. The van der Waals surface area contributed by atoms with Crippen molar-refractivity contribution in [3.05, 3.63) is 35.6 Å². The molecule has 1 N–H and O–H groups in total. The lowest BCUT2D eigenvalue weighted by atomic mass is 9.78. The van der Waals surface area contributed by atoms with Crippen LogP contribution in [0.25, 0.3) is 0 Å². The van der Waals surface area contributed by atoms with Crippen LogP contribution >= 0.6 is 0 Å². The van der Waals surface area contributed by atoms with Gasteiger partial charge in [0.1, 0.15) is 5.82 Å². The van der Waals surface area contributed by atoms with Crippen molar-refractivity contribution in [2.45, 2.75) is 63.6 Å². The maximum Gasteiger partial charge on any atom is 0.127 e. The molecule has 1 aromatic carbocycles. The monoisotopic (exact) mass is 291 g/mol. The number of likely N-dealkylation sites (tertiary alicyclic amines) is 1. The summed E-state index contributed by atoms with van der Waals surface area (Å²) >= 11 is 0. The molecule has 3 heteroatoms. The lowest BCUT2D eigenvalue weighted by molar-refractivity contribution is -0.00891. The minimum Gasteiger partial charge on any atom is -0.393 e. The van der Waals surface area contributed by atoms with E-state index in [9.17, 15) is 9.50 Å². The van der Waals surface area contributed by atoms with Crippen LogP contribution in [0.5, 0.6) is 0 Å². The molecule has 1 aromatic rings. The van der Waals surface area contributed by atoms with Gasteiger partial charge in [-0.15, -0.1) is 0 Å². The molecule has 0 spiro atoms. The standard InChI is InChI=1S/C18H26FNO/c19-16-9-3-1-7-14(16)13-20-12-6-5-10-17(20)15-8-2-4-11-18(15)21/h1,3,7,9,15,17-18,21H,2,4-6,8,10-13H2. The molecule has 2 nitrogen and oxygen atoms in total. The maximum atomic E-state index is 13.9. The zero-order valence-corrected chi connectivity index (χ0v) is 12.7. The lowest BCUT2D eigenvalue weighted by Crippen LogP contribution is -2.48. The highest BCUT2D eigenvalue weighted by atomic mass is 19.1. The first-order valence-electron chi connectivity index (χ1n) is 8.41. The fourth-order valence-corrected chi connectivity index (χ4v) is 4.13. The van der Waals surface area contributed by atoms with Crippen LogP contribution in [0.15, 0.2) is 24.3 Å². The van der Waals surface area contributed by atoms with Gasteiger partial charge in [-0.3, -0.25) is 4.90 Å². The van der Waals surface area contributed by atoms with Crippen LogP contribution < -0.4 is 0 Å². The third-order valence-electron chi connectivity index (χ3n) is 5.27. The molecule has 3 unspecified atom stereocenters. The van der Waals surface area contributed by atoms with Gasteiger partial charge in [0.05, 0.1) is 6.10 Å². The van der Waals surface area contributed by atoms with Crippen molar-refractivity contribution in [2.24, 2.45) is 5.92 Å². The number of benzene rings is 1. The second-order valence-corrected chi connectivity index (χ2v) is 6.64. The van der Waals surface area contributed by atoms with Crippen LogP contribution in [0.4, 0.5) is 4.39 Å².